The van der Waals surface area contributed by atoms with Gasteiger partial charge in [-0.1, -0.05) is 48.0 Å². The molecule has 1 unspecified atom stereocenters. The maximum absolute atomic E-state index is 9.65. The van der Waals surface area contributed by atoms with Gasteiger partial charge in [0, 0.05) is 17.1 Å². The molecule has 1 rings (SSSR count). The summed E-state index contributed by atoms with van der Waals surface area (Å²) in [5.41, 5.74) is 1.09. The molecule has 1 aromatic carbocycles. The number of hydrogen-bond acceptors (Lipinski definition) is 3. The third-order valence-corrected chi connectivity index (χ3v) is 3.06. The number of aliphatic hydroxyl groups is 1. The van der Waals surface area contributed by atoms with Gasteiger partial charge in [0.15, 0.2) is 0 Å². The fourth-order valence-corrected chi connectivity index (χ4v) is 1.75. The largest absolute Gasteiger partial charge is 0.389 e. The van der Waals surface area contributed by atoms with Crippen molar-refractivity contribution >= 4 is 15.9 Å². The molecule has 0 bridgehead atoms. The number of nitrogens with one attached hydrogen (secondary N) is 1. The molecule has 1 aromatic rings. The van der Waals surface area contributed by atoms with E-state index in [1.54, 1.807) is 0 Å². The quantitative estimate of drug-likeness (QED) is 0.812. The Bertz CT molecular complexity index is 331. The molecule has 0 radical (unpaired) electrons. The Labute approximate surface area is 111 Å². The van der Waals surface area contributed by atoms with E-state index in [-0.39, 0.29) is 0 Å². The van der Waals surface area contributed by atoms with Crippen LogP contribution in [-0.2, 0) is 11.3 Å². The highest BCUT2D eigenvalue weighted by molar-refractivity contribution is 9.10. The molecule has 0 aromatic heterocycles. The summed E-state index contributed by atoms with van der Waals surface area (Å²) in [5.74, 6) is 0. The summed E-state index contributed by atoms with van der Waals surface area (Å²) in [6.07, 6.45) is -0.458. The number of aliphatic hydroxyl groups excluding tert-OH is 1. The van der Waals surface area contributed by atoms with Crippen LogP contribution >= 0.6 is 15.9 Å². The Hall–Kier alpha value is -0.420. The molecular weight excluding hydrogens is 282 g/mol. The van der Waals surface area contributed by atoms with Crippen LogP contribution in [0.25, 0.3) is 0 Å². The predicted molar refractivity (Wildman–Crippen MR) is 72.9 cm³/mol. The van der Waals surface area contributed by atoms with Crippen LogP contribution < -0.4 is 5.32 Å². The second-order valence-electron chi connectivity index (χ2n) is 4.32. The molecular formula is C13H20BrNO2. The molecule has 0 aliphatic carbocycles. The van der Waals surface area contributed by atoms with Gasteiger partial charge in [0.2, 0.25) is 0 Å². The summed E-state index contributed by atoms with van der Waals surface area (Å²) >= 11 is 3.46. The van der Waals surface area contributed by atoms with Crippen molar-refractivity contribution in [2.24, 2.45) is 0 Å². The van der Waals surface area contributed by atoms with Crippen LogP contribution in [0.1, 0.15) is 19.4 Å². The van der Waals surface area contributed by atoms with Gasteiger partial charge in [-0.2, -0.15) is 0 Å². The average Bonchev–Trinajstić information content (AvgIpc) is 2.29. The summed E-state index contributed by atoms with van der Waals surface area (Å²) in [5, 5.41) is 12.8. The minimum atomic E-state index is -0.458. The lowest BCUT2D eigenvalue weighted by atomic mass is 10.2. The van der Waals surface area contributed by atoms with E-state index in [4.69, 9.17) is 4.74 Å². The summed E-state index contributed by atoms with van der Waals surface area (Å²) in [4.78, 5) is 0. The van der Waals surface area contributed by atoms with Crippen LogP contribution in [0.15, 0.2) is 28.7 Å². The topological polar surface area (TPSA) is 41.5 Å². The molecule has 0 heterocycles. The molecule has 1 atom stereocenters. The molecule has 0 aliphatic rings. The minimum Gasteiger partial charge on any atom is -0.389 e. The summed E-state index contributed by atoms with van der Waals surface area (Å²) in [7, 11) is 0. The van der Waals surface area contributed by atoms with Gasteiger partial charge in [-0.15, -0.1) is 0 Å². The van der Waals surface area contributed by atoms with Gasteiger partial charge < -0.3 is 15.2 Å². The van der Waals surface area contributed by atoms with Crippen LogP contribution in [0.4, 0.5) is 0 Å². The highest BCUT2D eigenvalue weighted by atomic mass is 79.9. The molecule has 2 N–H and O–H groups in total. The van der Waals surface area contributed by atoms with Gasteiger partial charge in [-0.05, 0) is 11.6 Å². The minimum absolute atomic E-state index is 0.348. The van der Waals surface area contributed by atoms with Gasteiger partial charge in [-0.25, -0.2) is 0 Å². The van der Waals surface area contributed by atoms with Gasteiger partial charge in [-0.3, -0.25) is 0 Å². The third kappa shape index (κ3) is 6.17. The first kappa shape index (κ1) is 14.6. The normalized spacial score (nSPS) is 13.0. The smallest absolute Gasteiger partial charge is 0.0897 e. The zero-order valence-electron chi connectivity index (χ0n) is 10.3. The van der Waals surface area contributed by atoms with E-state index < -0.39 is 6.10 Å². The highest BCUT2D eigenvalue weighted by Gasteiger charge is 2.05. The van der Waals surface area contributed by atoms with Gasteiger partial charge in [0.25, 0.3) is 0 Å². The average molecular weight is 302 g/mol. The Morgan fingerprint density at radius 2 is 2.06 bits per heavy atom. The molecule has 3 nitrogen and oxygen atoms in total. The monoisotopic (exact) mass is 301 g/mol. The van der Waals surface area contributed by atoms with Crippen LogP contribution in [0, 0.1) is 0 Å². The maximum atomic E-state index is 9.65. The van der Waals surface area contributed by atoms with Crippen LogP contribution in [-0.4, -0.2) is 30.4 Å². The van der Waals surface area contributed by atoms with Crippen molar-refractivity contribution in [2.45, 2.75) is 32.6 Å². The first-order chi connectivity index (χ1) is 8.09. The summed E-state index contributed by atoms with van der Waals surface area (Å²) in [6.45, 7) is 5.53. The van der Waals surface area contributed by atoms with E-state index >= 15 is 0 Å². The number of ether oxygens (including phenoxy) is 1. The molecule has 0 spiro atoms. The SMILES string of the molecule is CC(C)NCC(O)COCc1ccccc1Br. The van der Waals surface area contributed by atoms with Crippen molar-refractivity contribution < 1.29 is 9.84 Å². The second-order valence-corrected chi connectivity index (χ2v) is 5.18. The number of benzene rings is 1. The highest BCUT2D eigenvalue weighted by Crippen LogP contribution is 2.16. The number of rotatable bonds is 7. The van der Waals surface area contributed by atoms with Gasteiger partial charge in [0.1, 0.15) is 0 Å². The van der Waals surface area contributed by atoms with E-state index in [1.165, 1.54) is 0 Å². The fraction of sp³-hybridized carbons (Fsp3) is 0.538. The summed E-state index contributed by atoms with van der Waals surface area (Å²) < 4.78 is 6.51. The van der Waals surface area contributed by atoms with Crippen molar-refractivity contribution in [3.05, 3.63) is 34.3 Å². The van der Waals surface area contributed by atoms with Gasteiger partial charge in [0.05, 0.1) is 19.3 Å². The first-order valence-corrected chi connectivity index (χ1v) is 6.61. The molecule has 17 heavy (non-hydrogen) atoms. The first-order valence-electron chi connectivity index (χ1n) is 5.82. The van der Waals surface area contributed by atoms with Crippen molar-refractivity contribution in [1.82, 2.24) is 5.32 Å². The molecule has 0 amide bonds. The summed E-state index contributed by atoms with van der Waals surface area (Å²) in [6, 6.07) is 8.31. The van der Waals surface area contributed by atoms with Crippen LogP contribution in [0.3, 0.4) is 0 Å². The van der Waals surface area contributed by atoms with E-state index in [9.17, 15) is 5.11 Å². The molecule has 0 saturated carbocycles. The Morgan fingerprint density at radius 3 is 2.71 bits per heavy atom. The van der Waals surface area contributed by atoms with E-state index in [1.807, 2.05) is 24.3 Å². The van der Waals surface area contributed by atoms with E-state index in [0.29, 0.717) is 25.8 Å². The lowest BCUT2D eigenvalue weighted by Crippen LogP contribution is -2.34. The molecule has 4 heteroatoms. The Kier molecular flexibility index (Phi) is 6.73. The van der Waals surface area contributed by atoms with Crippen molar-refractivity contribution in [1.29, 1.82) is 0 Å². The van der Waals surface area contributed by atoms with E-state index in [2.05, 4.69) is 35.1 Å². The van der Waals surface area contributed by atoms with Crippen molar-refractivity contribution in [3.63, 3.8) is 0 Å². The predicted octanol–water partition coefficient (Wildman–Crippen LogP) is 2.32. The van der Waals surface area contributed by atoms with E-state index in [0.717, 1.165) is 10.0 Å². The second kappa shape index (κ2) is 7.82. The fourth-order valence-electron chi connectivity index (χ4n) is 1.35. The lowest BCUT2D eigenvalue weighted by Gasteiger charge is -2.14. The number of hydrogen-bond donors (Lipinski definition) is 2. The van der Waals surface area contributed by atoms with Crippen LogP contribution in [0.5, 0.6) is 0 Å². The van der Waals surface area contributed by atoms with Gasteiger partial charge >= 0.3 is 0 Å². The molecule has 0 fully saturated rings. The van der Waals surface area contributed by atoms with Crippen molar-refractivity contribution in [3.8, 4) is 0 Å². The standard InChI is InChI=1S/C13H20BrNO2/c1-10(2)15-7-12(16)9-17-8-11-5-3-4-6-13(11)14/h3-6,10,12,15-16H,7-9H2,1-2H3. The Morgan fingerprint density at radius 1 is 1.35 bits per heavy atom. The van der Waals surface area contributed by atoms with Crippen LogP contribution in [0.2, 0.25) is 0 Å². The molecule has 0 aliphatic heterocycles. The Balaban J connectivity index is 2.21. The number of halogens is 1. The lowest BCUT2D eigenvalue weighted by molar-refractivity contribution is 0.0279. The zero-order valence-corrected chi connectivity index (χ0v) is 11.9. The maximum Gasteiger partial charge on any atom is 0.0897 e. The molecule has 96 valence electrons. The van der Waals surface area contributed by atoms with Crippen molar-refractivity contribution in [2.75, 3.05) is 13.2 Å². The zero-order chi connectivity index (χ0) is 12.7. The molecule has 0 saturated heterocycles. The third-order valence-electron chi connectivity index (χ3n) is 2.29.